The molecule has 1 amide bonds. The van der Waals surface area contributed by atoms with E-state index >= 15 is 0 Å². The number of hydrogen-bond donors (Lipinski definition) is 2. The summed E-state index contributed by atoms with van der Waals surface area (Å²) in [6.07, 6.45) is -0.280. The van der Waals surface area contributed by atoms with E-state index in [1.807, 2.05) is 48.5 Å². The van der Waals surface area contributed by atoms with Gasteiger partial charge in [0.2, 0.25) is 0 Å². The number of aromatic hydroxyl groups is 1. The largest absolute Gasteiger partial charge is 0.507 e. The molecule has 1 fully saturated rings. The van der Waals surface area contributed by atoms with E-state index in [2.05, 4.69) is 22.4 Å². The third-order valence-electron chi connectivity index (χ3n) is 6.46. The summed E-state index contributed by atoms with van der Waals surface area (Å²) < 4.78 is 5.46. The Morgan fingerprint density at radius 1 is 1.16 bits per heavy atom. The summed E-state index contributed by atoms with van der Waals surface area (Å²) in [4.78, 5) is 14.2. The van der Waals surface area contributed by atoms with Crippen molar-refractivity contribution in [2.24, 2.45) is 5.92 Å². The van der Waals surface area contributed by atoms with E-state index in [1.165, 1.54) is 0 Å². The number of carbonyl (C=O) groups is 1. The number of nitrogens with zero attached hydrogens (tertiary/aromatic N) is 3. The molecule has 5 rings (SSSR count). The van der Waals surface area contributed by atoms with E-state index < -0.39 is 0 Å². The average Bonchev–Trinajstić information content (AvgIpc) is 3.09. The number of phenols is 1. The van der Waals surface area contributed by atoms with Crippen LogP contribution in [0, 0.1) is 5.92 Å². The maximum absolute atomic E-state index is 12.4. The first-order chi connectivity index (χ1) is 15.0. The quantitative estimate of drug-likeness (QED) is 0.673. The van der Waals surface area contributed by atoms with Gasteiger partial charge in [-0.1, -0.05) is 49.4 Å². The standard InChI is InChI=1S/C24H24N4O3/c1-24(17-12-28(13-17)23(30)31-14-16-7-3-2-4-8-16)15-25-22-19(24)11-20(26-27-22)18-9-5-6-10-21(18)29/h2-11,17,29H,12-15H2,1H3,(H,25,27). The second-order valence-corrected chi connectivity index (χ2v) is 8.42. The van der Waals surface area contributed by atoms with E-state index in [0.717, 1.165) is 23.5 Å². The van der Waals surface area contributed by atoms with E-state index in [-0.39, 0.29) is 29.8 Å². The molecule has 0 aliphatic carbocycles. The molecule has 2 N–H and O–H groups in total. The molecule has 31 heavy (non-hydrogen) atoms. The van der Waals surface area contributed by atoms with Gasteiger partial charge in [0.1, 0.15) is 12.4 Å². The minimum Gasteiger partial charge on any atom is -0.507 e. The molecule has 7 nitrogen and oxygen atoms in total. The number of amides is 1. The first kappa shape index (κ1) is 19.4. The molecule has 1 saturated heterocycles. The predicted octanol–water partition coefficient (Wildman–Crippen LogP) is 3.80. The van der Waals surface area contributed by atoms with Crippen LogP contribution in [0.25, 0.3) is 11.3 Å². The van der Waals surface area contributed by atoms with Gasteiger partial charge in [0.05, 0.1) is 5.69 Å². The number of para-hydroxylation sites is 1. The Balaban J connectivity index is 1.28. The first-order valence-corrected chi connectivity index (χ1v) is 10.4. The molecule has 0 saturated carbocycles. The van der Waals surface area contributed by atoms with Crippen molar-refractivity contribution in [3.8, 4) is 17.0 Å². The van der Waals surface area contributed by atoms with Crippen molar-refractivity contribution in [3.63, 3.8) is 0 Å². The third-order valence-corrected chi connectivity index (χ3v) is 6.46. The van der Waals surface area contributed by atoms with Gasteiger partial charge < -0.3 is 20.1 Å². The van der Waals surface area contributed by atoms with Crippen molar-refractivity contribution in [1.29, 1.82) is 0 Å². The summed E-state index contributed by atoms with van der Waals surface area (Å²) in [6, 6.07) is 18.8. The number of ether oxygens (including phenoxy) is 1. The van der Waals surface area contributed by atoms with Crippen LogP contribution in [0.3, 0.4) is 0 Å². The van der Waals surface area contributed by atoms with Crippen LogP contribution in [0.2, 0.25) is 0 Å². The molecule has 0 bridgehead atoms. The van der Waals surface area contributed by atoms with Gasteiger partial charge >= 0.3 is 6.09 Å². The highest BCUT2D eigenvalue weighted by atomic mass is 16.6. The maximum atomic E-state index is 12.4. The fourth-order valence-electron chi connectivity index (χ4n) is 4.35. The van der Waals surface area contributed by atoms with Crippen LogP contribution < -0.4 is 5.32 Å². The molecular weight excluding hydrogens is 392 g/mol. The van der Waals surface area contributed by atoms with Crippen molar-refractivity contribution in [2.45, 2.75) is 18.9 Å². The topological polar surface area (TPSA) is 87.6 Å². The lowest BCUT2D eigenvalue weighted by atomic mass is 9.70. The molecule has 0 spiro atoms. The molecule has 3 aromatic rings. The van der Waals surface area contributed by atoms with Crippen LogP contribution in [0.4, 0.5) is 10.6 Å². The summed E-state index contributed by atoms with van der Waals surface area (Å²) in [5, 5.41) is 22.2. The maximum Gasteiger partial charge on any atom is 0.410 e. The Morgan fingerprint density at radius 2 is 1.90 bits per heavy atom. The molecule has 2 aromatic carbocycles. The zero-order chi connectivity index (χ0) is 21.4. The zero-order valence-corrected chi connectivity index (χ0v) is 17.3. The van der Waals surface area contributed by atoms with Crippen LogP contribution in [-0.2, 0) is 16.8 Å². The van der Waals surface area contributed by atoms with Gasteiger partial charge in [-0.3, -0.25) is 0 Å². The summed E-state index contributed by atoms with van der Waals surface area (Å²) >= 11 is 0. The van der Waals surface area contributed by atoms with Crippen molar-refractivity contribution in [1.82, 2.24) is 15.1 Å². The highest BCUT2D eigenvalue weighted by molar-refractivity contribution is 5.71. The Bertz CT molecular complexity index is 1110. The molecule has 2 aliphatic heterocycles. The Labute approximate surface area is 180 Å². The lowest BCUT2D eigenvalue weighted by Gasteiger charge is -2.46. The molecule has 2 aliphatic rings. The Kier molecular flexibility index (Phi) is 4.73. The minimum absolute atomic E-state index is 0.180. The van der Waals surface area contributed by atoms with Crippen molar-refractivity contribution >= 4 is 11.9 Å². The fraction of sp³-hybridized carbons (Fsp3) is 0.292. The third kappa shape index (κ3) is 3.46. The number of rotatable bonds is 4. The number of phenolic OH excluding ortho intramolecular Hbond substituents is 1. The lowest BCUT2D eigenvalue weighted by Crippen LogP contribution is -2.58. The van der Waals surface area contributed by atoms with Crippen molar-refractivity contribution in [2.75, 3.05) is 25.0 Å². The number of anilines is 1. The zero-order valence-electron chi connectivity index (χ0n) is 17.3. The fourth-order valence-corrected chi connectivity index (χ4v) is 4.35. The highest BCUT2D eigenvalue weighted by Crippen LogP contribution is 2.45. The van der Waals surface area contributed by atoms with Crippen LogP contribution in [-0.4, -0.2) is 45.9 Å². The van der Waals surface area contributed by atoms with Crippen molar-refractivity contribution in [3.05, 3.63) is 71.8 Å². The molecule has 0 radical (unpaired) electrons. The summed E-state index contributed by atoms with van der Waals surface area (Å²) in [5.74, 6) is 1.24. The van der Waals surface area contributed by atoms with Gasteiger partial charge in [-0.15, -0.1) is 10.2 Å². The van der Waals surface area contributed by atoms with E-state index in [1.54, 1.807) is 17.0 Å². The number of fused-ring (bicyclic) bond motifs is 1. The van der Waals surface area contributed by atoms with Gasteiger partial charge in [-0.25, -0.2) is 4.79 Å². The summed E-state index contributed by atoms with van der Waals surface area (Å²) in [7, 11) is 0. The number of benzene rings is 2. The molecule has 7 heteroatoms. The van der Waals surface area contributed by atoms with E-state index in [9.17, 15) is 9.90 Å². The Hall–Kier alpha value is -3.61. The van der Waals surface area contributed by atoms with Crippen LogP contribution in [0.1, 0.15) is 18.1 Å². The van der Waals surface area contributed by atoms with E-state index in [0.29, 0.717) is 24.3 Å². The number of aromatic nitrogens is 2. The number of hydrogen-bond acceptors (Lipinski definition) is 6. The van der Waals surface area contributed by atoms with Gasteiger partial charge in [0.25, 0.3) is 0 Å². The number of likely N-dealkylation sites (tertiary alicyclic amines) is 1. The van der Waals surface area contributed by atoms with Crippen LogP contribution in [0.15, 0.2) is 60.7 Å². The minimum atomic E-state index is -0.280. The SMILES string of the molecule is CC1(C2CN(C(=O)OCc3ccccc3)C2)CNc2nnc(-c3ccccc3O)cc21. The Morgan fingerprint density at radius 3 is 2.68 bits per heavy atom. The van der Waals surface area contributed by atoms with Gasteiger partial charge in [0.15, 0.2) is 5.82 Å². The molecule has 1 unspecified atom stereocenters. The monoisotopic (exact) mass is 416 g/mol. The molecule has 158 valence electrons. The lowest BCUT2D eigenvalue weighted by molar-refractivity contribution is 0.0275. The van der Waals surface area contributed by atoms with Gasteiger partial charge in [0, 0.05) is 42.1 Å². The number of carbonyl (C=O) groups excluding carboxylic acids is 1. The van der Waals surface area contributed by atoms with Crippen LogP contribution >= 0.6 is 0 Å². The molecule has 1 aromatic heterocycles. The predicted molar refractivity (Wildman–Crippen MR) is 117 cm³/mol. The number of nitrogens with one attached hydrogen (secondary N) is 1. The summed E-state index contributed by atoms with van der Waals surface area (Å²) in [6.45, 7) is 4.49. The van der Waals surface area contributed by atoms with E-state index in [4.69, 9.17) is 4.74 Å². The molecule has 1 atom stereocenters. The smallest absolute Gasteiger partial charge is 0.410 e. The van der Waals surface area contributed by atoms with Gasteiger partial charge in [-0.05, 0) is 23.8 Å². The second kappa shape index (κ2) is 7.58. The molecular formula is C24H24N4O3. The molecule has 3 heterocycles. The van der Waals surface area contributed by atoms with Gasteiger partial charge in [-0.2, -0.15) is 0 Å². The second-order valence-electron chi connectivity index (χ2n) is 8.42. The van der Waals surface area contributed by atoms with Crippen molar-refractivity contribution < 1.29 is 14.6 Å². The highest BCUT2D eigenvalue weighted by Gasteiger charge is 2.49. The average molecular weight is 416 g/mol. The summed E-state index contributed by atoms with van der Waals surface area (Å²) in [5.41, 5.74) is 3.17. The van der Waals surface area contributed by atoms with Crippen LogP contribution in [0.5, 0.6) is 5.75 Å². The normalized spacial score (nSPS) is 20.0. The first-order valence-electron chi connectivity index (χ1n) is 10.4.